The van der Waals surface area contributed by atoms with E-state index in [1.54, 1.807) is 11.9 Å². The van der Waals surface area contributed by atoms with Gasteiger partial charge in [-0.1, -0.05) is 12.1 Å². The average molecular weight is 351 g/mol. The molecule has 1 aliphatic carbocycles. The normalized spacial score (nSPS) is 15.7. The lowest BCUT2D eigenvalue weighted by molar-refractivity contribution is -0.136. The summed E-state index contributed by atoms with van der Waals surface area (Å²) in [6.07, 6.45) is 3.66. The van der Waals surface area contributed by atoms with Gasteiger partial charge in [-0.2, -0.15) is 5.26 Å². The van der Waals surface area contributed by atoms with Crippen molar-refractivity contribution in [2.24, 2.45) is 0 Å². The molecule has 0 bridgehead atoms. The number of amides is 1. The molecule has 0 aliphatic heterocycles. The van der Waals surface area contributed by atoms with Gasteiger partial charge in [-0.25, -0.2) is 0 Å². The topological polar surface area (TPSA) is 53.3 Å². The second kappa shape index (κ2) is 6.95. The number of nitriles is 1. The van der Waals surface area contributed by atoms with E-state index >= 15 is 0 Å². The molecule has 1 aromatic rings. The molecular weight excluding hydrogens is 332 g/mol. The summed E-state index contributed by atoms with van der Waals surface area (Å²) in [7, 11) is 1.74. The molecule has 0 radical (unpaired) electrons. The first-order valence-corrected chi connectivity index (χ1v) is 7.93. The summed E-state index contributed by atoms with van der Waals surface area (Å²) < 4.78 is 6.55. The Morgan fingerprint density at radius 2 is 2.19 bits per heavy atom. The van der Waals surface area contributed by atoms with Crippen LogP contribution in [-0.4, -0.2) is 30.0 Å². The van der Waals surface area contributed by atoms with E-state index < -0.39 is 5.54 Å². The van der Waals surface area contributed by atoms with Gasteiger partial charge in [0.2, 0.25) is 5.91 Å². The van der Waals surface area contributed by atoms with E-state index in [2.05, 4.69) is 22.0 Å². The number of nitrogens with zero attached hydrogens (tertiary/aromatic N) is 2. The minimum Gasteiger partial charge on any atom is -0.492 e. The summed E-state index contributed by atoms with van der Waals surface area (Å²) in [6, 6.07) is 9.93. The molecular formula is C16H19BrN2O2. The van der Waals surface area contributed by atoms with Gasteiger partial charge in [-0.05, 0) is 53.7 Å². The van der Waals surface area contributed by atoms with Crippen LogP contribution in [0.5, 0.6) is 5.75 Å². The largest absolute Gasteiger partial charge is 0.492 e. The second-order valence-electron chi connectivity index (χ2n) is 5.33. The van der Waals surface area contributed by atoms with Crippen molar-refractivity contribution in [3.05, 3.63) is 28.7 Å². The summed E-state index contributed by atoms with van der Waals surface area (Å²) in [5.41, 5.74) is -0.555. The van der Waals surface area contributed by atoms with Gasteiger partial charge in [0.1, 0.15) is 11.3 Å². The summed E-state index contributed by atoms with van der Waals surface area (Å²) >= 11 is 3.42. The Morgan fingerprint density at radius 3 is 2.76 bits per heavy atom. The predicted molar refractivity (Wildman–Crippen MR) is 83.8 cm³/mol. The highest BCUT2D eigenvalue weighted by Gasteiger charge is 2.43. The maximum Gasteiger partial charge on any atom is 0.223 e. The Hall–Kier alpha value is -1.54. The molecule has 5 heteroatoms. The van der Waals surface area contributed by atoms with Gasteiger partial charge in [-0.15, -0.1) is 0 Å². The quantitative estimate of drug-likeness (QED) is 0.737. The van der Waals surface area contributed by atoms with Crippen molar-refractivity contribution in [2.45, 2.75) is 37.6 Å². The van der Waals surface area contributed by atoms with Crippen LogP contribution < -0.4 is 4.74 Å². The Morgan fingerprint density at radius 1 is 1.48 bits per heavy atom. The van der Waals surface area contributed by atoms with Gasteiger partial charge in [0, 0.05) is 13.5 Å². The lowest BCUT2D eigenvalue weighted by Crippen LogP contribution is -2.53. The van der Waals surface area contributed by atoms with E-state index in [1.165, 1.54) is 0 Å². The molecule has 0 spiro atoms. The Bertz CT molecular complexity index is 549. The molecule has 2 rings (SSSR count). The zero-order chi connectivity index (χ0) is 15.3. The van der Waals surface area contributed by atoms with E-state index in [0.29, 0.717) is 19.4 Å². The maximum absolute atomic E-state index is 12.1. The fourth-order valence-corrected chi connectivity index (χ4v) is 2.81. The highest BCUT2D eigenvalue weighted by molar-refractivity contribution is 9.10. The van der Waals surface area contributed by atoms with Crippen LogP contribution in [0, 0.1) is 11.3 Å². The molecule has 0 atom stereocenters. The molecule has 21 heavy (non-hydrogen) atoms. The zero-order valence-electron chi connectivity index (χ0n) is 12.1. The first-order valence-electron chi connectivity index (χ1n) is 7.14. The predicted octanol–water partition coefficient (Wildman–Crippen LogP) is 3.51. The van der Waals surface area contributed by atoms with Gasteiger partial charge in [0.15, 0.2) is 0 Å². The van der Waals surface area contributed by atoms with Crippen molar-refractivity contribution in [2.75, 3.05) is 13.7 Å². The van der Waals surface area contributed by atoms with Crippen molar-refractivity contribution in [3.8, 4) is 11.8 Å². The first-order chi connectivity index (χ1) is 10.1. The van der Waals surface area contributed by atoms with Crippen molar-refractivity contribution < 1.29 is 9.53 Å². The third kappa shape index (κ3) is 3.56. The average Bonchev–Trinajstić information content (AvgIpc) is 2.44. The summed E-state index contributed by atoms with van der Waals surface area (Å²) in [5.74, 6) is 0.803. The molecule has 1 saturated carbocycles. The molecule has 0 heterocycles. The minimum atomic E-state index is -0.555. The summed E-state index contributed by atoms with van der Waals surface area (Å²) in [6.45, 7) is 0.488. The van der Waals surface area contributed by atoms with Crippen LogP contribution in [0.4, 0.5) is 0 Å². The van der Waals surface area contributed by atoms with E-state index in [9.17, 15) is 10.1 Å². The fraction of sp³-hybridized carbons (Fsp3) is 0.500. The maximum atomic E-state index is 12.1. The van der Waals surface area contributed by atoms with Crippen LogP contribution >= 0.6 is 15.9 Å². The second-order valence-corrected chi connectivity index (χ2v) is 6.19. The van der Waals surface area contributed by atoms with Gasteiger partial charge >= 0.3 is 0 Å². The number of carbonyl (C=O) groups is 1. The Balaban J connectivity index is 1.75. The smallest absolute Gasteiger partial charge is 0.223 e. The van der Waals surface area contributed by atoms with E-state index in [1.807, 2.05) is 24.3 Å². The molecule has 0 N–H and O–H groups in total. The minimum absolute atomic E-state index is 0.0203. The third-order valence-electron chi connectivity index (χ3n) is 4.03. The molecule has 4 nitrogen and oxygen atoms in total. The van der Waals surface area contributed by atoms with Crippen LogP contribution in [-0.2, 0) is 4.79 Å². The first kappa shape index (κ1) is 15.8. The van der Waals surface area contributed by atoms with Gasteiger partial charge < -0.3 is 9.64 Å². The van der Waals surface area contributed by atoms with Crippen LogP contribution in [0.15, 0.2) is 28.7 Å². The van der Waals surface area contributed by atoms with Crippen LogP contribution in [0.1, 0.15) is 32.1 Å². The number of halogens is 1. The SMILES string of the molecule is CN(C(=O)CCCOc1ccccc1Br)C1(C#N)CCC1. The number of ether oxygens (including phenoxy) is 1. The van der Waals surface area contributed by atoms with Crippen molar-refractivity contribution in [1.29, 1.82) is 5.26 Å². The lowest BCUT2D eigenvalue weighted by Gasteiger charge is -2.43. The van der Waals surface area contributed by atoms with Gasteiger partial charge in [0.05, 0.1) is 17.1 Å². The van der Waals surface area contributed by atoms with Crippen LogP contribution in [0.25, 0.3) is 0 Å². The standard InChI is InChI=1S/C16H19BrN2O2/c1-19(16(12-18)9-5-10-16)15(20)8-4-11-21-14-7-3-2-6-13(14)17/h2-3,6-7H,4-5,8-11H2,1H3. The van der Waals surface area contributed by atoms with E-state index in [4.69, 9.17) is 4.74 Å². The molecule has 0 unspecified atom stereocenters. The van der Waals surface area contributed by atoms with E-state index in [0.717, 1.165) is 29.5 Å². The number of hydrogen-bond donors (Lipinski definition) is 0. The lowest BCUT2D eigenvalue weighted by atomic mass is 9.76. The number of benzene rings is 1. The summed E-state index contributed by atoms with van der Waals surface area (Å²) in [5, 5.41) is 9.23. The summed E-state index contributed by atoms with van der Waals surface area (Å²) in [4.78, 5) is 13.7. The molecule has 0 saturated heterocycles. The molecule has 112 valence electrons. The highest BCUT2D eigenvalue weighted by Crippen LogP contribution is 2.36. The Labute approximate surface area is 133 Å². The monoisotopic (exact) mass is 350 g/mol. The molecule has 1 aliphatic rings. The van der Waals surface area contributed by atoms with Crippen LogP contribution in [0.3, 0.4) is 0 Å². The molecule has 0 aromatic heterocycles. The van der Waals surface area contributed by atoms with Crippen molar-refractivity contribution in [1.82, 2.24) is 4.90 Å². The molecule has 1 fully saturated rings. The Kier molecular flexibility index (Phi) is 5.24. The van der Waals surface area contributed by atoms with Crippen LogP contribution in [0.2, 0.25) is 0 Å². The van der Waals surface area contributed by atoms with Gasteiger partial charge in [-0.3, -0.25) is 4.79 Å². The fourth-order valence-electron chi connectivity index (χ4n) is 2.41. The number of carbonyl (C=O) groups excluding carboxylic acids is 1. The van der Waals surface area contributed by atoms with Crippen molar-refractivity contribution in [3.63, 3.8) is 0 Å². The zero-order valence-corrected chi connectivity index (χ0v) is 13.7. The number of hydrogen-bond acceptors (Lipinski definition) is 3. The van der Waals surface area contributed by atoms with Crippen molar-refractivity contribution >= 4 is 21.8 Å². The van der Waals surface area contributed by atoms with E-state index in [-0.39, 0.29) is 5.91 Å². The third-order valence-corrected chi connectivity index (χ3v) is 4.69. The number of para-hydroxylation sites is 1. The highest BCUT2D eigenvalue weighted by atomic mass is 79.9. The molecule has 1 aromatic carbocycles. The van der Waals surface area contributed by atoms with Gasteiger partial charge in [0.25, 0.3) is 0 Å². The number of rotatable bonds is 6. The molecule has 1 amide bonds.